The van der Waals surface area contributed by atoms with Crippen molar-refractivity contribution in [1.29, 1.82) is 0 Å². The summed E-state index contributed by atoms with van der Waals surface area (Å²) in [7, 11) is 1.49. The molecule has 0 saturated carbocycles. The van der Waals surface area contributed by atoms with E-state index in [4.69, 9.17) is 30.5 Å². The van der Waals surface area contributed by atoms with Gasteiger partial charge in [-0.2, -0.15) is 0 Å². The Bertz CT molecular complexity index is 1260. The first kappa shape index (κ1) is 33.7. The smallest absolute Gasteiger partial charge is 0.408 e. The molecule has 42 heavy (non-hydrogen) atoms. The number of amides is 1. The van der Waals surface area contributed by atoms with Gasteiger partial charge in [0, 0.05) is 27.8 Å². The monoisotopic (exact) mass is 615 g/mol. The quantitative estimate of drug-likeness (QED) is 0.124. The van der Waals surface area contributed by atoms with E-state index in [0.29, 0.717) is 43.1 Å². The summed E-state index contributed by atoms with van der Waals surface area (Å²) in [4.78, 5) is 26.7. The molecular formula is C33H42ClNO6S. The van der Waals surface area contributed by atoms with E-state index >= 15 is 0 Å². The average Bonchev–Trinajstić information content (AvgIpc) is 2.92. The Morgan fingerprint density at radius 3 is 2.64 bits per heavy atom. The molecule has 0 fully saturated rings. The largest absolute Gasteiger partial charge is 0.493 e. The molecule has 1 aliphatic rings. The van der Waals surface area contributed by atoms with Gasteiger partial charge < -0.3 is 29.1 Å². The molecule has 228 valence electrons. The Labute approximate surface area is 259 Å². The zero-order valence-corrected chi connectivity index (χ0v) is 26.7. The van der Waals surface area contributed by atoms with Crippen LogP contribution in [0.2, 0.25) is 5.02 Å². The van der Waals surface area contributed by atoms with E-state index in [-0.39, 0.29) is 13.4 Å². The summed E-state index contributed by atoms with van der Waals surface area (Å²) in [5.41, 5.74) is 0.376. The zero-order valence-electron chi connectivity index (χ0n) is 25.1. The fourth-order valence-corrected chi connectivity index (χ4v) is 5.75. The van der Waals surface area contributed by atoms with Crippen LogP contribution in [0.1, 0.15) is 52.5 Å². The molecule has 0 spiro atoms. The third-order valence-electron chi connectivity index (χ3n) is 6.48. The van der Waals surface area contributed by atoms with Crippen LogP contribution >= 0.6 is 23.4 Å². The number of carbonyl (C=O) groups is 2. The highest BCUT2D eigenvalue weighted by molar-refractivity contribution is 7.99. The van der Waals surface area contributed by atoms with E-state index in [9.17, 15) is 9.59 Å². The van der Waals surface area contributed by atoms with Gasteiger partial charge in [-0.3, -0.25) is 0 Å². The Morgan fingerprint density at radius 2 is 1.95 bits per heavy atom. The second-order valence-electron chi connectivity index (χ2n) is 11.5. The van der Waals surface area contributed by atoms with Crippen molar-refractivity contribution in [3.05, 3.63) is 76.9 Å². The lowest BCUT2D eigenvalue weighted by atomic mass is 9.93. The van der Waals surface area contributed by atoms with E-state index in [2.05, 4.69) is 36.5 Å². The van der Waals surface area contributed by atoms with Crippen molar-refractivity contribution in [2.24, 2.45) is 5.92 Å². The van der Waals surface area contributed by atoms with Crippen LogP contribution in [0, 0.1) is 5.92 Å². The topological polar surface area (TPSA) is 83.1 Å². The fraction of sp³-hybridized carbons (Fsp3) is 0.455. The third kappa shape index (κ3) is 11.5. The molecule has 0 bridgehead atoms. The first-order valence-electron chi connectivity index (χ1n) is 14.1. The van der Waals surface area contributed by atoms with Crippen LogP contribution in [-0.4, -0.2) is 50.6 Å². The second kappa shape index (κ2) is 16.2. The van der Waals surface area contributed by atoms with Crippen molar-refractivity contribution < 1.29 is 28.5 Å². The second-order valence-corrected chi connectivity index (χ2v) is 13.1. The fourth-order valence-electron chi connectivity index (χ4n) is 4.50. The SMILES string of the molecule is COCOCC(C=O)(CCCc1ccc(Sc2cccc(OCC3C=CC=C(C)C3)c2)cc1Cl)NC(=O)OC(C)(C)C. The normalized spacial score (nSPS) is 16.3. The van der Waals surface area contributed by atoms with Crippen molar-refractivity contribution >= 4 is 35.7 Å². The highest BCUT2D eigenvalue weighted by atomic mass is 35.5. The van der Waals surface area contributed by atoms with E-state index in [0.717, 1.165) is 27.5 Å². The highest BCUT2D eigenvalue weighted by Gasteiger charge is 2.34. The molecular weight excluding hydrogens is 574 g/mol. The minimum absolute atomic E-state index is 0.000729. The number of alkyl carbamates (subject to hydrolysis) is 1. The first-order chi connectivity index (χ1) is 20.0. The number of nitrogens with one attached hydrogen (secondary N) is 1. The lowest BCUT2D eigenvalue weighted by Gasteiger charge is -2.30. The van der Waals surface area contributed by atoms with Crippen molar-refractivity contribution in [1.82, 2.24) is 5.32 Å². The molecule has 2 aromatic carbocycles. The Kier molecular flexibility index (Phi) is 13.0. The number of aryl methyl sites for hydroxylation is 1. The summed E-state index contributed by atoms with van der Waals surface area (Å²) < 4.78 is 21.9. The molecule has 2 atom stereocenters. The molecule has 1 aliphatic carbocycles. The number of methoxy groups -OCH3 is 1. The summed E-state index contributed by atoms with van der Waals surface area (Å²) in [6.07, 6.45) is 9.03. The molecule has 1 amide bonds. The number of hydrogen-bond acceptors (Lipinski definition) is 7. The summed E-state index contributed by atoms with van der Waals surface area (Å²) in [5, 5.41) is 3.35. The average molecular weight is 616 g/mol. The number of aldehydes is 1. The predicted molar refractivity (Wildman–Crippen MR) is 167 cm³/mol. The lowest BCUT2D eigenvalue weighted by molar-refractivity contribution is -0.119. The Hall–Kier alpha value is -2.78. The molecule has 2 unspecified atom stereocenters. The van der Waals surface area contributed by atoms with Crippen molar-refractivity contribution in [3.63, 3.8) is 0 Å². The van der Waals surface area contributed by atoms with Gasteiger partial charge in [-0.1, -0.05) is 59.3 Å². The van der Waals surface area contributed by atoms with Gasteiger partial charge in [-0.05, 0) is 89.3 Å². The van der Waals surface area contributed by atoms with Gasteiger partial charge in [0.15, 0.2) is 0 Å². The molecule has 0 saturated heterocycles. The minimum atomic E-state index is -1.25. The van der Waals surface area contributed by atoms with Crippen LogP contribution in [0.5, 0.6) is 5.75 Å². The van der Waals surface area contributed by atoms with Crippen molar-refractivity contribution in [2.45, 2.75) is 74.3 Å². The Balaban J connectivity index is 1.57. The number of ether oxygens (including phenoxy) is 4. The van der Waals surface area contributed by atoms with Gasteiger partial charge in [0.2, 0.25) is 0 Å². The van der Waals surface area contributed by atoms with Crippen LogP contribution in [0.25, 0.3) is 0 Å². The number of rotatable bonds is 15. The van der Waals surface area contributed by atoms with Crippen molar-refractivity contribution in [2.75, 3.05) is 27.1 Å². The van der Waals surface area contributed by atoms with Gasteiger partial charge in [-0.15, -0.1) is 0 Å². The lowest BCUT2D eigenvalue weighted by Crippen LogP contribution is -2.54. The van der Waals surface area contributed by atoms with Gasteiger partial charge in [0.1, 0.15) is 30.0 Å². The maximum atomic E-state index is 12.5. The van der Waals surface area contributed by atoms with Crippen LogP contribution < -0.4 is 10.1 Å². The number of carbonyl (C=O) groups excluding carboxylic acids is 2. The minimum Gasteiger partial charge on any atom is -0.493 e. The number of benzene rings is 2. The molecule has 9 heteroatoms. The molecule has 0 aliphatic heterocycles. The third-order valence-corrected chi connectivity index (χ3v) is 7.81. The van der Waals surface area contributed by atoms with E-state index in [1.54, 1.807) is 32.5 Å². The summed E-state index contributed by atoms with van der Waals surface area (Å²) in [6, 6.07) is 14.1. The predicted octanol–water partition coefficient (Wildman–Crippen LogP) is 7.80. The standard InChI is InChI=1S/C33H42ClNO6S/c1-24-9-6-10-25(17-24)20-40-27-12-7-13-28(18-27)42-29-15-14-26(30(34)19-29)11-8-16-33(21-36,22-39-23-38-5)35-31(37)41-32(2,3)4/h6-7,9-10,12-15,18-19,21,25H,8,11,16-17,20,22-23H2,1-5H3,(H,35,37). The summed E-state index contributed by atoms with van der Waals surface area (Å²) in [5.74, 6) is 1.23. The van der Waals surface area contributed by atoms with Gasteiger partial charge in [0.25, 0.3) is 0 Å². The van der Waals surface area contributed by atoms with Crippen LogP contribution in [0.4, 0.5) is 4.79 Å². The maximum Gasteiger partial charge on any atom is 0.408 e. The molecule has 2 aromatic rings. The van der Waals surface area contributed by atoms with Gasteiger partial charge in [0.05, 0.1) is 13.2 Å². The molecule has 0 aromatic heterocycles. The first-order valence-corrected chi connectivity index (χ1v) is 15.3. The molecule has 7 nitrogen and oxygen atoms in total. The van der Waals surface area contributed by atoms with Gasteiger partial charge >= 0.3 is 6.09 Å². The summed E-state index contributed by atoms with van der Waals surface area (Å²) >= 11 is 8.29. The van der Waals surface area contributed by atoms with Crippen molar-refractivity contribution in [3.8, 4) is 5.75 Å². The number of allylic oxidation sites excluding steroid dienone is 3. The molecule has 0 radical (unpaired) electrons. The summed E-state index contributed by atoms with van der Waals surface area (Å²) in [6.45, 7) is 8.04. The van der Waals surface area contributed by atoms with E-state index in [1.165, 1.54) is 12.7 Å². The molecule has 3 rings (SSSR count). The Morgan fingerprint density at radius 1 is 1.17 bits per heavy atom. The van der Waals surface area contributed by atoms with E-state index < -0.39 is 17.2 Å². The number of hydrogen-bond donors (Lipinski definition) is 1. The van der Waals surface area contributed by atoms with Crippen LogP contribution in [0.15, 0.2) is 76.1 Å². The molecule has 1 N–H and O–H groups in total. The van der Waals surface area contributed by atoms with Crippen LogP contribution in [0.3, 0.4) is 0 Å². The molecule has 0 heterocycles. The zero-order chi connectivity index (χ0) is 30.6. The van der Waals surface area contributed by atoms with E-state index in [1.807, 2.05) is 36.4 Å². The maximum absolute atomic E-state index is 12.5. The van der Waals surface area contributed by atoms with Gasteiger partial charge in [-0.25, -0.2) is 4.79 Å². The number of halogens is 1. The highest BCUT2D eigenvalue weighted by Crippen LogP contribution is 2.33. The van der Waals surface area contributed by atoms with Crippen LogP contribution in [-0.2, 0) is 25.4 Å².